The normalized spacial score (nSPS) is 15.2. The zero-order valence-electron chi connectivity index (χ0n) is 7.10. The molecule has 0 bridgehead atoms. The van der Waals surface area contributed by atoms with Crippen molar-refractivity contribution in [2.24, 2.45) is 0 Å². The smallest absolute Gasteiger partial charge is 0.207 e. The molecule has 0 aliphatic heterocycles. The van der Waals surface area contributed by atoms with E-state index in [0.717, 1.165) is 16.9 Å². The second kappa shape index (κ2) is 3.53. The predicted octanol–water partition coefficient (Wildman–Crippen LogP) is 2.80. The number of hydrogen-bond donors (Lipinski definition) is 0. The van der Waals surface area contributed by atoms with Gasteiger partial charge >= 0.3 is 0 Å². The van der Waals surface area contributed by atoms with Crippen LogP contribution >= 0.6 is 22.0 Å². The third-order valence-corrected chi connectivity index (χ3v) is 4.49. The highest BCUT2D eigenvalue weighted by molar-refractivity contribution is 8.13. The van der Waals surface area contributed by atoms with Crippen molar-refractivity contribution >= 4 is 37.1 Å². The van der Waals surface area contributed by atoms with Crippen LogP contribution in [0.5, 0.6) is 0 Å². The summed E-state index contributed by atoms with van der Waals surface area (Å²) >= 11 is 1.43. The second-order valence-electron chi connectivity index (χ2n) is 2.87. The highest BCUT2D eigenvalue weighted by Crippen LogP contribution is 2.31. The van der Waals surface area contributed by atoms with Gasteiger partial charge in [-0.05, 0) is 0 Å². The van der Waals surface area contributed by atoms with Gasteiger partial charge in [0.15, 0.2) is 0 Å². The SMILES string of the molecule is O=S(=O)(Cl)c1csc2c1C=CC=CC2. The maximum atomic E-state index is 11.2. The Morgan fingerprint density at radius 1 is 1.36 bits per heavy atom. The lowest BCUT2D eigenvalue weighted by atomic mass is 10.2. The van der Waals surface area contributed by atoms with Gasteiger partial charge < -0.3 is 0 Å². The molecule has 2 rings (SSSR count). The molecule has 0 fully saturated rings. The van der Waals surface area contributed by atoms with Crippen LogP contribution in [0.25, 0.3) is 6.08 Å². The van der Waals surface area contributed by atoms with Crippen molar-refractivity contribution < 1.29 is 8.42 Å². The van der Waals surface area contributed by atoms with Crippen molar-refractivity contribution in [3.8, 4) is 0 Å². The maximum Gasteiger partial charge on any atom is 0.262 e. The van der Waals surface area contributed by atoms with Crippen molar-refractivity contribution in [2.45, 2.75) is 11.3 Å². The van der Waals surface area contributed by atoms with Gasteiger partial charge in [0.2, 0.25) is 0 Å². The van der Waals surface area contributed by atoms with E-state index in [-0.39, 0.29) is 4.90 Å². The first kappa shape index (κ1) is 9.96. The van der Waals surface area contributed by atoms with Crippen LogP contribution in [0.1, 0.15) is 10.4 Å². The van der Waals surface area contributed by atoms with Gasteiger partial charge in [-0.2, -0.15) is 0 Å². The average Bonchev–Trinajstić information content (AvgIpc) is 2.36. The third-order valence-electron chi connectivity index (χ3n) is 1.95. The van der Waals surface area contributed by atoms with Gasteiger partial charge in [0.1, 0.15) is 4.90 Å². The zero-order chi connectivity index (χ0) is 10.2. The van der Waals surface area contributed by atoms with Crippen molar-refractivity contribution in [1.29, 1.82) is 0 Å². The molecule has 0 unspecified atom stereocenters. The summed E-state index contributed by atoms with van der Waals surface area (Å²) < 4.78 is 22.4. The maximum absolute atomic E-state index is 11.2. The van der Waals surface area contributed by atoms with E-state index in [1.807, 2.05) is 18.2 Å². The summed E-state index contributed by atoms with van der Waals surface area (Å²) in [6.45, 7) is 0. The minimum absolute atomic E-state index is 0.221. The molecule has 1 heterocycles. The van der Waals surface area contributed by atoms with E-state index in [0.29, 0.717) is 0 Å². The van der Waals surface area contributed by atoms with Gasteiger partial charge in [-0.1, -0.05) is 24.3 Å². The van der Waals surface area contributed by atoms with Crippen LogP contribution < -0.4 is 0 Å². The summed E-state index contributed by atoms with van der Waals surface area (Å²) in [5, 5.41) is 1.59. The van der Waals surface area contributed by atoms with E-state index in [1.165, 1.54) is 11.3 Å². The van der Waals surface area contributed by atoms with E-state index in [2.05, 4.69) is 0 Å². The summed E-state index contributed by atoms with van der Waals surface area (Å²) in [5.74, 6) is 0. The molecule has 74 valence electrons. The topological polar surface area (TPSA) is 34.1 Å². The highest BCUT2D eigenvalue weighted by Gasteiger charge is 2.19. The van der Waals surface area contributed by atoms with Crippen LogP contribution in [0.4, 0.5) is 0 Å². The van der Waals surface area contributed by atoms with Gasteiger partial charge in [0.25, 0.3) is 9.05 Å². The molecule has 1 aliphatic carbocycles. The molecular weight excluding hydrogens is 240 g/mol. The second-order valence-corrected chi connectivity index (χ2v) is 6.36. The van der Waals surface area contributed by atoms with Crippen LogP contribution in [-0.4, -0.2) is 8.42 Å². The van der Waals surface area contributed by atoms with E-state index < -0.39 is 9.05 Å². The van der Waals surface area contributed by atoms with Gasteiger partial charge in [-0.25, -0.2) is 8.42 Å². The Kier molecular flexibility index (Phi) is 2.51. The number of thiophene rings is 1. The molecule has 0 amide bonds. The Labute approximate surface area is 90.9 Å². The number of hydrogen-bond acceptors (Lipinski definition) is 3. The Morgan fingerprint density at radius 2 is 2.14 bits per heavy atom. The van der Waals surface area contributed by atoms with Crippen molar-refractivity contribution in [1.82, 2.24) is 0 Å². The molecule has 5 heteroatoms. The summed E-state index contributed by atoms with van der Waals surface area (Å²) in [5.41, 5.74) is 0.731. The molecule has 1 aromatic heterocycles. The monoisotopic (exact) mass is 246 g/mol. The van der Waals surface area contributed by atoms with Crippen LogP contribution in [0.3, 0.4) is 0 Å². The Balaban J connectivity index is 2.63. The van der Waals surface area contributed by atoms with Crippen LogP contribution in [0, 0.1) is 0 Å². The van der Waals surface area contributed by atoms with Crippen LogP contribution in [0.15, 0.2) is 28.5 Å². The molecule has 1 aliphatic rings. The fourth-order valence-corrected chi connectivity index (χ4v) is 3.89. The summed E-state index contributed by atoms with van der Waals surface area (Å²) in [6, 6.07) is 0. The molecule has 0 saturated carbocycles. The molecule has 1 aromatic rings. The van der Waals surface area contributed by atoms with Crippen molar-refractivity contribution in [3.63, 3.8) is 0 Å². The predicted molar refractivity (Wildman–Crippen MR) is 59.2 cm³/mol. The molecule has 14 heavy (non-hydrogen) atoms. The Hall–Kier alpha value is -0.580. The Morgan fingerprint density at radius 3 is 2.86 bits per heavy atom. The molecule has 0 saturated heterocycles. The fourth-order valence-electron chi connectivity index (χ4n) is 1.32. The van der Waals surface area contributed by atoms with Gasteiger partial charge in [0.05, 0.1) is 0 Å². The van der Waals surface area contributed by atoms with Crippen LogP contribution in [0.2, 0.25) is 0 Å². The molecule has 2 nitrogen and oxygen atoms in total. The molecule has 0 N–H and O–H groups in total. The van der Waals surface area contributed by atoms with E-state index in [9.17, 15) is 8.42 Å². The number of fused-ring (bicyclic) bond motifs is 1. The summed E-state index contributed by atoms with van der Waals surface area (Å²) in [6.07, 6.45) is 8.26. The van der Waals surface area contributed by atoms with Gasteiger partial charge in [0, 0.05) is 32.9 Å². The molecule has 0 aromatic carbocycles. The summed E-state index contributed by atoms with van der Waals surface area (Å²) in [4.78, 5) is 1.26. The lowest BCUT2D eigenvalue weighted by Crippen LogP contribution is -1.91. The molecular formula is C9H7ClO2S2. The van der Waals surface area contributed by atoms with E-state index in [1.54, 1.807) is 11.5 Å². The van der Waals surface area contributed by atoms with E-state index >= 15 is 0 Å². The first-order valence-electron chi connectivity index (χ1n) is 3.97. The average molecular weight is 247 g/mol. The van der Waals surface area contributed by atoms with Gasteiger partial charge in [-0.3, -0.25) is 0 Å². The lowest BCUT2D eigenvalue weighted by molar-refractivity contribution is 0.609. The molecule has 0 atom stereocenters. The molecule has 0 spiro atoms. The van der Waals surface area contributed by atoms with Crippen molar-refractivity contribution in [3.05, 3.63) is 34.0 Å². The van der Waals surface area contributed by atoms with Crippen LogP contribution in [-0.2, 0) is 15.5 Å². The third kappa shape index (κ3) is 1.78. The number of rotatable bonds is 1. The highest BCUT2D eigenvalue weighted by atomic mass is 35.7. The molecule has 0 radical (unpaired) electrons. The zero-order valence-corrected chi connectivity index (χ0v) is 9.49. The minimum atomic E-state index is -3.61. The number of allylic oxidation sites excluding steroid dienone is 3. The number of halogens is 1. The first-order chi connectivity index (χ1) is 6.59. The Bertz CT molecular complexity index is 509. The van der Waals surface area contributed by atoms with Gasteiger partial charge in [-0.15, -0.1) is 11.3 Å². The first-order valence-corrected chi connectivity index (χ1v) is 7.16. The van der Waals surface area contributed by atoms with E-state index in [4.69, 9.17) is 10.7 Å². The van der Waals surface area contributed by atoms with Crippen molar-refractivity contribution in [2.75, 3.05) is 0 Å². The minimum Gasteiger partial charge on any atom is -0.207 e. The fraction of sp³-hybridized carbons (Fsp3) is 0.111. The standard InChI is InChI=1S/C9H7ClO2S2/c10-14(11,12)9-6-13-8-5-3-1-2-4-7(8)9/h1-4,6H,5H2. The largest absolute Gasteiger partial charge is 0.262 e. The summed E-state index contributed by atoms with van der Waals surface area (Å²) in [7, 11) is 1.70. The quantitative estimate of drug-likeness (QED) is 0.714. The lowest BCUT2D eigenvalue weighted by Gasteiger charge is -1.96.